The summed E-state index contributed by atoms with van der Waals surface area (Å²) in [4.78, 5) is 27.3. The highest BCUT2D eigenvalue weighted by Crippen LogP contribution is 2.37. The Morgan fingerprint density at radius 1 is 1.27 bits per heavy atom. The van der Waals surface area contributed by atoms with E-state index in [1.54, 1.807) is 24.0 Å². The van der Waals surface area contributed by atoms with Crippen molar-refractivity contribution in [3.8, 4) is 0 Å². The highest BCUT2D eigenvalue weighted by molar-refractivity contribution is 7.16. The summed E-state index contributed by atoms with van der Waals surface area (Å²) in [6.07, 6.45) is 4.53. The first-order valence-electron chi connectivity index (χ1n) is 10.1. The maximum Gasteiger partial charge on any atom is 0.410 e. The van der Waals surface area contributed by atoms with Gasteiger partial charge in [-0.05, 0) is 43.9 Å². The van der Waals surface area contributed by atoms with E-state index >= 15 is 0 Å². The van der Waals surface area contributed by atoms with Gasteiger partial charge in [-0.25, -0.2) is 4.79 Å². The van der Waals surface area contributed by atoms with Crippen LogP contribution in [0.2, 0.25) is 0 Å². The molecule has 2 amide bonds. The molecule has 1 aliphatic heterocycles. The average Bonchev–Trinajstić information content (AvgIpc) is 3.07. The van der Waals surface area contributed by atoms with Crippen LogP contribution in [0, 0.1) is 0 Å². The molecule has 30 heavy (non-hydrogen) atoms. The fourth-order valence-corrected chi connectivity index (χ4v) is 4.57. The van der Waals surface area contributed by atoms with Crippen LogP contribution in [0.4, 0.5) is 9.80 Å². The molecule has 164 valence electrons. The first-order valence-corrected chi connectivity index (χ1v) is 10.9. The number of anilines is 1. The second-order valence-electron chi connectivity index (χ2n) is 6.74. The minimum absolute atomic E-state index is 0.110. The van der Waals surface area contributed by atoms with Crippen LogP contribution in [0.3, 0.4) is 0 Å². The normalized spacial score (nSPS) is 13.4. The molecule has 0 fully saturated rings. The number of amides is 2. The van der Waals surface area contributed by atoms with E-state index in [2.05, 4.69) is 18.5 Å². The predicted octanol–water partition coefficient (Wildman–Crippen LogP) is 4.10. The Morgan fingerprint density at radius 2 is 2.00 bits per heavy atom. The van der Waals surface area contributed by atoms with Gasteiger partial charge >= 0.3 is 6.09 Å². The van der Waals surface area contributed by atoms with Gasteiger partial charge in [-0.15, -0.1) is 11.3 Å². The van der Waals surface area contributed by atoms with Gasteiger partial charge in [-0.2, -0.15) is 0 Å². The molecule has 0 aliphatic carbocycles. The zero-order valence-electron chi connectivity index (χ0n) is 17.8. The number of carbonyl (C=O) groups is 2. The van der Waals surface area contributed by atoms with Crippen molar-refractivity contribution in [3.05, 3.63) is 52.6 Å². The Bertz CT molecular complexity index is 829. The summed E-state index contributed by atoms with van der Waals surface area (Å²) in [5, 5.41) is 3.75. The lowest BCUT2D eigenvalue weighted by Gasteiger charge is -2.26. The van der Waals surface area contributed by atoms with Gasteiger partial charge in [0.25, 0.3) is 0 Å². The third-order valence-electron chi connectivity index (χ3n) is 4.72. The van der Waals surface area contributed by atoms with Gasteiger partial charge in [-0.3, -0.25) is 4.79 Å². The van der Waals surface area contributed by atoms with Gasteiger partial charge in [0.2, 0.25) is 5.91 Å². The standard InChI is InChI=1S/C22H31N3O4S/c1-5-8-18(28-6-2)15(4)9-10-20(26)24-21-17(13-23)16-11-12-25(14-19(16)30-21)22(27)29-7-3/h5,8H,1,4,6-7,9-14,23H2,2-3H3,(H,24,26)/b18-8+. The van der Waals surface area contributed by atoms with Gasteiger partial charge in [0.05, 0.1) is 24.8 Å². The molecular weight excluding hydrogens is 402 g/mol. The van der Waals surface area contributed by atoms with Crippen molar-refractivity contribution in [2.75, 3.05) is 25.1 Å². The maximum absolute atomic E-state index is 12.5. The second-order valence-corrected chi connectivity index (χ2v) is 7.84. The number of rotatable bonds is 10. The van der Waals surface area contributed by atoms with Gasteiger partial charge in [-0.1, -0.05) is 19.2 Å². The number of fused-ring (bicyclic) bond motifs is 1. The topological polar surface area (TPSA) is 93.9 Å². The average molecular weight is 434 g/mol. The Hall–Kier alpha value is -2.58. The van der Waals surface area contributed by atoms with Gasteiger partial charge in [0, 0.05) is 30.0 Å². The summed E-state index contributed by atoms with van der Waals surface area (Å²) in [6.45, 7) is 13.6. The van der Waals surface area contributed by atoms with Gasteiger partial charge < -0.3 is 25.4 Å². The van der Waals surface area contributed by atoms with Gasteiger partial charge in [0.15, 0.2) is 0 Å². The molecule has 0 saturated carbocycles. The zero-order valence-corrected chi connectivity index (χ0v) is 18.6. The van der Waals surface area contributed by atoms with E-state index in [0.717, 1.165) is 26.6 Å². The number of nitrogens with two attached hydrogens (primary N) is 1. The summed E-state index contributed by atoms with van der Waals surface area (Å²) < 4.78 is 10.6. The molecule has 2 heterocycles. The number of thiophene rings is 1. The number of allylic oxidation sites excluding steroid dienone is 3. The molecule has 7 nitrogen and oxygen atoms in total. The van der Waals surface area contributed by atoms with Crippen molar-refractivity contribution in [2.24, 2.45) is 5.73 Å². The van der Waals surface area contributed by atoms with E-state index < -0.39 is 0 Å². The maximum atomic E-state index is 12.5. The van der Waals surface area contributed by atoms with Crippen molar-refractivity contribution in [1.82, 2.24) is 4.90 Å². The number of carbonyl (C=O) groups excluding carboxylic acids is 2. The summed E-state index contributed by atoms with van der Waals surface area (Å²) >= 11 is 1.48. The molecular formula is C22H31N3O4S. The van der Waals surface area contributed by atoms with E-state index in [9.17, 15) is 9.59 Å². The molecule has 0 bridgehead atoms. The van der Waals surface area contributed by atoms with Crippen LogP contribution >= 0.6 is 11.3 Å². The van der Waals surface area contributed by atoms with Crippen molar-refractivity contribution < 1.29 is 19.1 Å². The highest BCUT2D eigenvalue weighted by Gasteiger charge is 2.27. The number of ether oxygens (including phenoxy) is 2. The number of hydrogen-bond acceptors (Lipinski definition) is 6. The predicted molar refractivity (Wildman–Crippen MR) is 120 cm³/mol. The van der Waals surface area contributed by atoms with Crippen LogP contribution in [-0.2, 0) is 33.8 Å². The lowest BCUT2D eigenvalue weighted by molar-refractivity contribution is -0.116. The Labute approximate surface area is 182 Å². The smallest absolute Gasteiger partial charge is 0.410 e. The van der Waals surface area contributed by atoms with Crippen molar-refractivity contribution in [2.45, 2.75) is 46.2 Å². The summed E-state index contributed by atoms with van der Waals surface area (Å²) in [7, 11) is 0. The van der Waals surface area contributed by atoms with E-state index in [1.807, 2.05) is 6.92 Å². The lowest BCUT2D eigenvalue weighted by Crippen LogP contribution is -2.36. The zero-order chi connectivity index (χ0) is 22.1. The monoisotopic (exact) mass is 433 g/mol. The van der Waals surface area contributed by atoms with Crippen molar-refractivity contribution >= 4 is 28.3 Å². The van der Waals surface area contributed by atoms with Gasteiger partial charge in [0.1, 0.15) is 5.76 Å². The molecule has 0 spiro atoms. The fourth-order valence-electron chi connectivity index (χ4n) is 3.26. The van der Waals surface area contributed by atoms with Crippen LogP contribution in [0.25, 0.3) is 0 Å². The lowest BCUT2D eigenvalue weighted by atomic mass is 10.0. The molecule has 0 radical (unpaired) electrons. The fraction of sp³-hybridized carbons (Fsp3) is 0.455. The van der Waals surface area contributed by atoms with Crippen molar-refractivity contribution in [3.63, 3.8) is 0 Å². The van der Waals surface area contributed by atoms with Crippen LogP contribution in [-0.4, -0.2) is 36.7 Å². The summed E-state index contributed by atoms with van der Waals surface area (Å²) in [6, 6.07) is 0. The van der Waals surface area contributed by atoms with E-state index in [-0.39, 0.29) is 18.4 Å². The van der Waals surface area contributed by atoms with E-state index in [4.69, 9.17) is 15.2 Å². The first kappa shape index (κ1) is 23.7. The third-order valence-corrected chi connectivity index (χ3v) is 5.90. The Morgan fingerprint density at radius 3 is 2.63 bits per heavy atom. The molecule has 0 aromatic carbocycles. The SMILES string of the molecule is C=C/C=C(/OCC)C(=C)CCC(=O)Nc1sc2c(c1CN)CCN(C(=O)OCC)C2. The molecule has 3 N–H and O–H groups in total. The first-order chi connectivity index (χ1) is 14.4. The molecule has 1 aromatic rings. The summed E-state index contributed by atoms with van der Waals surface area (Å²) in [5.41, 5.74) is 8.81. The molecule has 0 atom stereocenters. The Kier molecular flexibility index (Phi) is 9.14. The van der Waals surface area contributed by atoms with Crippen LogP contribution < -0.4 is 11.1 Å². The number of nitrogens with zero attached hydrogens (tertiary/aromatic N) is 1. The van der Waals surface area contributed by atoms with Crippen LogP contribution in [0.5, 0.6) is 0 Å². The van der Waals surface area contributed by atoms with Crippen molar-refractivity contribution in [1.29, 1.82) is 0 Å². The minimum atomic E-state index is -0.312. The largest absolute Gasteiger partial charge is 0.494 e. The van der Waals surface area contributed by atoms with Crippen LogP contribution in [0.1, 0.15) is 42.7 Å². The highest BCUT2D eigenvalue weighted by atomic mass is 32.1. The van der Waals surface area contributed by atoms with E-state index in [1.165, 1.54) is 11.3 Å². The Balaban J connectivity index is 2.02. The second kappa shape index (κ2) is 11.6. The number of hydrogen-bond donors (Lipinski definition) is 2. The third kappa shape index (κ3) is 5.96. The molecule has 0 unspecified atom stereocenters. The number of nitrogens with one attached hydrogen (secondary N) is 1. The molecule has 0 saturated heterocycles. The molecule has 1 aliphatic rings. The summed E-state index contributed by atoms with van der Waals surface area (Å²) in [5.74, 6) is 0.537. The quantitative estimate of drug-likeness (QED) is 0.428. The molecule has 8 heteroatoms. The van der Waals surface area contributed by atoms with Crippen LogP contribution in [0.15, 0.2) is 36.6 Å². The minimum Gasteiger partial charge on any atom is -0.494 e. The molecule has 2 rings (SSSR count). The van der Waals surface area contributed by atoms with E-state index in [0.29, 0.717) is 51.4 Å². The molecule has 1 aromatic heterocycles.